The summed E-state index contributed by atoms with van der Waals surface area (Å²) in [6.45, 7) is 6.39. The summed E-state index contributed by atoms with van der Waals surface area (Å²) in [6.07, 6.45) is 4.31. The van der Waals surface area contributed by atoms with Crippen LogP contribution in [-0.4, -0.2) is 42.2 Å². The Morgan fingerprint density at radius 2 is 2.40 bits per heavy atom. The molecule has 0 radical (unpaired) electrons. The van der Waals surface area contributed by atoms with E-state index in [1.54, 1.807) is 13.3 Å². The van der Waals surface area contributed by atoms with Crippen molar-refractivity contribution in [3.8, 4) is 0 Å². The highest BCUT2D eigenvalue weighted by Gasteiger charge is 2.33. The van der Waals surface area contributed by atoms with E-state index in [2.05, 4.69) is 24.3 Å². The second-order valence-corrected chi connectivity index (χ2v) is 5.60. The van der Waals surface area contributed by atoms with Gasteiger partial charge in [-0.05, 0) is 26.3 Å². The molecule has 2 rings (SSSR count). The van der Waals surface area contributed by atoms with Crippen molar-refractivity contribution in [1.29, 1.82) is 0 Å². The molecule has 20 heavy (non-hydrogen) atoms. The Bertz CT molecular complexity index is 425. The first-order chi connectivity index (χ1) is 9.67. The highest BCUT2D eigenvalue weighted by molar-refractivity contribution is 6.31. The average Bonchev–Trinajstić information content (AvgIpc) is 3.01. The van der Waals surface area contributed by atoms with Gasteiger partial charge in [-0.25, -0.2) is 0 Å². The first-order valence-corrected chi connectivity index (χ1v) is 7.64. The number of halogens is 1. The summed E-state index contributed by atoms with van der Waals surface area (Å²) < 4.78 is 13.1. The van der Waals surface area contributed by atoms with Gasteiger partial charge in [0.15, 0.2) is 0 Å². The number of likely N-dealkylation sites (N-methyl/N-ethyl adjacent to an activating group) is 1. The van der Waals surface area contributed by atoms with E-state index in [1.165, 1.54) is 0 Å². The van der Waals surface area contributed by atoms with Gasteiger partial charge >= 0.3 is 0 Å². The smallest absolute Gasteiger partial charge is 0.0835 e. The second-order valence-electron chi connectivity index (χ2n) is 5.19. The van der Waals surface area contributed by atoms with Gasteiger partial charge < -0.3 is 14.8 Å². The molecule has 3 atom stereocenters. The van der Waals surface area contributed by atoms with Crippen molar-refractivity contribution in [2.75, 3.05) is 20.3 Å². The van der Waals surface area contributed by atoms with Crippen LogP contribution in [-0.2, 0) is 16.0 Å². The van der Waals surface area contributed by atoms with E-state index in [4.69, 9.17) is 21.1 Å². The lowest BCUT2D eigenvalue weighted by molar-refractivity contribution is 0.0296. The van der Waals surface area contributed by atoms with Crippen LogP contribution in [0.2, 0.25) is 5.02 Å². The molecule has 0 aromatic carbocycles. The third kappa shape index (κ3) is 3.52. The molecule has 6 heteroatoms. The Balaban J connectivity index is 2.21. The van der Waals surface area contributed by atoms with Crippen LogP contribution in [0.15, 0.2) is 6.20 Å². The Kier molecular flexibility index (Phi) is 5.84. The van der Waals surface area contributed by atoms with Crippen molar-refractivity contribution in [3.63, 3.8) is 0 Å². The lowest BCUT2D eigenvalue weighted by Gasteiger charge is -2.25. The van der Waals surface area contributed by atoms with Gasteiger partial charge in [0.1, 0.15) is 0 Å². The van der Waals surface area contributed by atoms with Gasteiger partial charge in [0.25, 0.3) is 0 Å². The lowest BCUT2D eigenvalue weighted by Crippen LogP contribution is -2.34. The van der Waals surface area contributed by atoms with Crippen molar-refractivity contribution >= 4 is 11.6 Å². The van der Waals surface area contributed by atoms with Crippen molar-refractivity contribution in [3.05, 3.63) is 16.9 Å². The van der Waals surface area contributed by atoms with Crippen LogP contribution in [0.1, 0.15) is 38.4 Å². The van der Waals surface area contributed by atoms with E-state index >= 15 is 0 Å². The maximum Gasteiger partial charge on any atom is 0.0835 e. The van der Waals surface area contributed by atoms with Crippen LogP contribution in [0, 0.1) is 0 Å². The molecule has 3 unspecified atom stereocenters. The topological polar surface area (TPSA) is 48.3 Å². The zero-order valence-electron chi connectivity index (χ0n) is 12.4. The third-order valence-electron chi connectivity index (χ3n) is 3.70. The van der Waals surface area contributed by atoms with E-state index in [0.717, 1.165) is 25.1 Å². The van der Waals surface area contributed by atoms with Gasteiger partial charge in [0, 0.05) is 7.11 Å². The van der Waals surface area contributed by atoms with Crippen LogP contribution < -0.4 is 5.32 Å². The van der Waals surface area contributed by atoms with Crippen molar-refractivity contribution in [2.24, 2.45) is 0 Å². The largest absolute Gasteiger partial charge is 0.383 e. The number of hydrogen-bond acceptors (Lipinski definition) is 4. The quantitative estimate of drug-likeness (QED) is 0.840. The predicted molar refractivity (Wildman–Crippen MR) is 79.1 cm³/mol. The fourth-order valence-corrected chi connectivity index (χ4v) is 3.00. The lowest BCUT2D eigenvalue weighted by atomic mass is 10.0. The zero-order chi connectivity index (χ0) is 14.5. The monoisotopic (exact) mass is 301 g/mol. The molecule has 114 valence electrons. The highest BCUT2D eigenvalue weighted by Crippen LogP contribution is 2.33. The van der Waals surface area contributed by atoms with Gasteiger partial charge in [-0.15, -0.1) is 0 Å². The van der Waals surface area contributed by atoms with E-state index in [-0.39, 0.29) is 12.1 Å². The molecule has 0 bridgehead atoms. The molecule has 0 aliphatic carbocycles. The molecule has 1 aliphatic rings. The predicted octanol–water partition coefficient (Wildman–Crippen LogP) is 2.40. The molecular formula is C14H24ClN3O2. The zero-order valence-corrected chi connectivity index (χ0v) is 13.2. The maximum atomic E-state index is 6.35. The minimum atomic E-state index is 0.0804. The van der Waals surface area contributed by atoms with E-state index in [0.29, 0.717) is 24.3 Å². The second kappa shape index (κ2) is 7.41. The standard InChI is InChI=1S/C14H24ClN3O2/c1-4-16-13(12-6-5-10(2)20-12)14-11(15)9-17-18(14)7-8-19-3/h9-10,12-13,16H,4-8H2,1-3H3. The summed E-state index contributed by atoms with van der Waals surface area (Å²) >= 11 is 6.35. The molecular weight excluding hydrogens is 278 g/mol. The highest BCUT2D eigenvalue weighted by atomic mass is 35.5. The van der Waals surface area contributed by atoms with E-state index < -0.39 is 0 Å². The van der Waals surface area contributed by atoms with Crippen molar-refractivity contribution in [1.82, 2.24) is 15.1 Å². The Morgan fingerprint density at radius 1 is 1.60 bits per heavy atom. The molecule has 1 saturated heterocycles. The minimum Gasteiger partial charge on any atom is -0.383 e. The average molecular weight is 302 g/mol. The van der Waals surface area contributed by atoms with Crippen LogP contribution in [0.5, 0.6) is 0 Å². The van der Waals surface area contributed by atoms with Crippen molar-refractivity contribution in [2.45, 2.75) is 51.5 Å². The number of hydrogen-bond donors (Lipinski definition) is 1. The van der Waals surface area contributed by atoms with Gasteiger partial charge in [0.2, 0.25) is 0 Å². The van der Waals surface area contributed by atoms with Gasteiger partial charge in [-0.1, -0.05) is 18.5 Å². The first-order valence-electron chi connectivity index (χ1n) is 7.26. The van der Waals surface area contributed by atoms with Gasteiger partial charge in [-0.2, -0.15) is 5.10 Å². The Labute approximate surface area is 125 Å². The number of rotatable bonds is 7. The molecule has 1 fully saturated rings. The van der Waals surface area contributed by atoms with Gasteiger partial charge in [0.05, 0.1) is 48.3 Å². The van der Waals surface area contributed by atoms with Crippen LogP contribution >= 0.6 is 11.6 Å². The molecule has 1 N–H and O–H groups in total. The van der Waals surface area contributed by atoms with E-state index in [9.17, 15) is 0 Å². The maximum absolute atomic E-state index is 6.35. The summed E-state index contributed by atoms with van der Waals surface area (Å²) in [5.74, 6) is 0. The number of nitrogens with one attached hydrogen (secondary N) is 1. The number of aromatic nitrogens is 2. The Morgan fingerprint density at radius 3 is 3.00 bits per heavy atom. The molecule has 0 spiro atoms. The van der Waals surface area contributed by atoms with Crippen LogP contribution in [0.4, 0.5) is 0 Å². The Hall–Kier alpha value is -0.620. The number of ether oxygens (including phenoxy) is 2. The molecule has 1 aliphatic heterocycles. The first kappa shape index (κ1) is 15.8. The van der Waals surface area contributed by atoms with Crippen molar-refractivity contribution < 1.29 is 9.47 Å². The van der Waals surface area contributed by atoms with Crippen LogP contribution in [0.3, 0.4) is 0 Å². The van der Waals surface area contributed by atoms with Crippen LogP contribution in [0.25, 0.3) is 0 Å². The summed E-state index contributed by atoms with van der Waals surface area (Å²) in [6, 6.07) is 0.0804. The number of nitrogens with zero attached hydrogens (tertiary/aromatic N) is 2. The summed E-state index contributed by atoms with van der Waals surface area (Å²) in [4.78, 5) is 0. The van der Waals surface area contributed by atoms with E-state index in [1.807, 2.05) is 4.68 Å². The molecule has 2 heterocycles. The minimum absolute atomic E-state index is 0.0804. The van der Waals surface area contributed by atoms with Gasteiger partial charge in [-0.3, -0.25) is 4.68 Å². The molecule has 1 aromatic rings. The number of methoxy groups -OCH3 is 1. The SMILES string of the molecule is CCNC(c1c(Cl)cnn1CCOC)C1CCC(C)O1. The molecule has 1 aromatic heterocycles. The molecule has 0 amide bonds. The fraction of sp³-hybridized carbons (Fsp3) is 0.786. The third-order valence-corrected chi connectivity index (χ3v) is 3.99. The summed E-state index contributed by atoms with van der Waals surface area (Å²) in [5.41, 5.74) is 1.00. The normalized spacial score (nSPS) is 24.2. The molecule has 5 nitrogen and oxygen atoms in total. The fourth-order valence-electron chi connectivity index (χ4n) is 2.74. The molecule has 0 saturated carbocycles. The summed E-state index contributed by atoms with van der Waals surface area (Å²) in [5, 5.41) is 8.54. The summed E-state index contributed by atoms with van der Waals surface area (Å²) in [7, 11) is 1.69.